The van der Waals surface area contributed by atoms with Gasteiger partial charge in [-0.15, -0.1) is 0 Å². The minimum atomic E-state index is 0.156. The maximum absolute atomic E-state index is 5.90. The van der Waals surface area contributed by atoms with Crippen LogP contribution in [0.4, 0.5) is 5.82 Å². The Bertz CT molecular complexity index is 522. The van der Waals surface area contributed by atoms with Crippen LogP contribution in [0.5, 0.6) is 0 Å². The number of rotatable bonds is 3. The molecule has 1 heterocycles. The molecule has 94 valence electrons. The second-order valence-electron chi connectivity index (χ2n) is 4.04. The van der Waals surface area contributed by atoms with Gasteiger partial charge in [0.15, 0.2) is 0 Å². The molecule has 1 N–H and O–H groups in total. The number of hydrogen-bond donors (Lipinski definition) is 1. The fraction of sp³-hybridized carbons (Fsp3) is 0.231. The zero-order chi connectivity index (χ0) is 13.1. The zero-order valence-corrected chi connectivity index (χ0v) is 12.5. The summed E-state index contributed by atoms with van der Waals surface area (Å²) in [5.74, 6) is 1.40. The van der Waals surface area contributed by atoms with Crippen molar-refractivity contribution < 1.29 is 0 Å². The third-order valence-corrected chi connectivity index (χ3v) is 3.26. The van der Waals surface area contributed by atoms with Crippen molar-refractivity contribution in [1.82, 2.24) is 9.97 Å². The van der Waals surface area contributed by atoms with Crippen LogP contribution in [-0.4, -0.2) is 9.97 Å². The number of anilines is 1. The lowest BCUT2D eigenvalue weighted by Crippen LogP contribution is -2.08. The van der Waals surface area contributed by atoms with Gasteiger partial charge in [-0.05, 0) is 31.5 Å². The van der Waals surface area contributed by atoms with Gasteiger partial charge in [-0.2, -0.15) is 0 Å². The Kier molecular flexibility index (Phi) is 4.19. The van der Waals surface area contributed by atoms with Gasteiger partial charge >= 0.3 is 0 Å². The third kappa shape index (κ3) is 3.43. The van der Waals surface area contributed by atoms with E-state index in [-0.39, 0.29) is 6.04 Å². The fourth-order valence-corrected chi connectivity index (χ4v) is 2.15. The van der Waals surface area contributed by atoms with Gasteiger partial charge in [-0.1, -0.05) is 39.7 Å². The van der Waals surface area contributed by atoms with Gasteiger partial charge in [-0.3, -0.25) is 0 Å². The summed E-state index contributed by atoms with van der Waals surface area (Å²) >= 11 is 9.33. The smallest absolute Gasteiger partial charge is 0.134 e. The topological polar surface area (TPSA) is 37.8 Å². The van der Waals surface area contributed by atoms with Crippen LogP contribution in [0.1, 0.15) is 24.4 Å². The number of hydrogen-bond acceptors (Lipinski definition) is 3. The van der Waals surface area contributed by atoms with E-state index >= 15 is 0 Å². The Labute approximate surface area is 120 Å². The molecular weight excluding hydrogens is 314 g/mol. The van der Waals surface area contributed by atoms with Crippen molar-refractivity contribution >= 4 is 33.3 Å². The molecule has 0 fully saturated rings. The van der Waals surface area contributed by atoms with E-state index in [1.165, 1.54) is 5.56 Å². The molecule has 1 unspecified atom stereocenters. The lowest BCUT2D eigenvalue weighted by atomic mass is 10.1. The van der Waals surface area contributed by atoms with Gasteiger partial charge in [-0.25, -0.2) is 9.97 Å². The first-order chi connectivity index (χ1) is 8.54. The molecule has 1 aromatic carbocycles. The van der Waals surface area contributed by atoms with E-state index in [0.717, 1.165) is 10.3 Å². The normalized spacial score (nSPS) is 12.2. The molecule has 0 bridgehead atoms. The first-order valence-electron chi connectivity index (χ1n) is 5.58. The van der Waals surface area contributed by atoms with Crippen molar-refractivity contribution in [3.8, 4) is 0 Å². The molecule has 0 aliphatic rings. The van der Waals surface area contributed by atoms with E-state index in [1.807, 2.05) is 19.1 Å². The molecule has 5 heteroatoms. The Morgan fingerprint density at radius 2 is 1.89 bits per heavy atom. The molecule has 3 nitrogen and oxygen atoms in total. The van der Waals surface area contributed by atoms with Gasteiger partial charge in [0.25, 0.3) is 0 Å². The predicted octanol–water partition coefficient (Wildman–Crippen LogP) is 4.37. The van der Waals surface area contributed by atoms with E-state index in [1.54, 1.807) is 6.07 Å². The van der Waals surface area contributed by atoms with Crippen LogP contribution in [0.25, 0.3) is 0 Å². The van der Waals surface area contributed by atoms with Gasteiger partial charge in [0.1, 0.15) is 16.8 Å². The van der Waals surface area contributed by atoms with Gasteiger partial charge < -0.3 is 5.32 Å². The highest BCUT2D eigenvalue weighted by Gasteiger charge is 2.07. The predicted molar refractivity (Wildman–Crippen MR) is 78.0 cm³/mol. The molecule has 0 radical (unpaired) electrons. The molecule has 0 saturated carbocycles. The van der Waals surface area contributed by atoms with Crippen molar-refractivity contribution in [3.05, 3.63) is 51.3 Å². The molecule has 0 amide bonds. The summed E-state index contributed by atoms with van der Waals surface area (Å²) in [6.45, 7) is 3.90. The highest BCUT2D eigenvalue weighted by Crippen LogP contribution is 2.21. The molecule has 0 aliphatic heterocycles. The average molecular weight is 327 g/mol. The third-order valence-electron chi connectivity index (χ3n) is 2.54. The number of nitrogens with one attached hydrogen (secondary N) is 1. The Morgan fingerprint density at radius 3 is 2.50 bits per heavy atom. The van der Waals surface area contributed by atoms with Crippen molar-refractivity contribution in [1.29, 1.82) is 0 Å². The monoisotopic (exact) mass is 325 g/mol. The molecule has 2 rings (SSSR count). The summed E-state index contributed by atoms with van der Waals surface area (Å²) in [7, 11) is 0. The molecule has 0 spiro atoms. The summed E-state index contributed by atoms with van der Waals surface area (Å²) in [4.78, 5) is 8.34. The van der Waals surface area contributed by atoms with Crippen LogP contribution in [-0.2, 0) is 0 Å². The maximum Gasteiger partial charge on any atom is 0.134 e. The van der Waals surface area contributed by atoms with Gasteiger partial charge in [0.05, 0.1) is 0 Å². The molecular formula is C13H13BrClN3. The summed E-state index contributed by atoms with van der Waals surface area (Å²) < 4.78 is 1.07. The summed E-state index contributed by atoms with van der Waals surface area (Å²) in [6, 6.07) is 10.1. The lowest BCUT2D eigenvalue weighted by Gasteiger charge is -2.15. The number of nitrogens with zero attached hydrogens (tertiary/aromatic N) is 2. The zero-order valence-electron chi connectivity index (χ0n) is 10.1. The van der Waals surface area contributed by atoms with Gasteiger partial charge in [0.2, 0.25) is 0 Å². The largest absolute Gasteiger partial charge is 0.363 e. The first-order valence-corrected chi connectivity index (χ1v) is 6.75. The van der Waals surface area contributed by atoms with Crippen LogP contribution in [0.15, 0.2) is 34.8 Å². The average Bonchev–Trinajstić information content (AvgIpc) is 2.28. The molecule has 1 atom stereocenters. The minimum Gasteiger partial charge on any atom is -0.363 e. The van der Waals surface area contributed by atoms with Crippen molar-refractivity contribution in [3.63, 3.8) is 0 Å². The second-order valence-corrected chi connectivity index (χ2v) is 5.34. The highest BCUT2D eigenvalue weighted by atomic mass is 79.9. The number of aryl methyl sites for hydroxylation is 1. The number of benzene rings is 1. The summed E-state index contributed by atoms with van der Waals surface area (Å²) in [6.07, 6.45) is 0. The maximum atomic E-state index is 5.90. The summed E-state index contributed by atoms with van der Waals surface area (Å²) in [5.41, 5.74) is 1.19. The number of halogens is 2. The van der Waals surface area contributed by atoms with Crippen LogP contribution in [0.2, 0.25) is 5.15 Å². The molecule has 0 aliphatic carbocycles. The van der Waals surface area contributed by atoms with Crippen LogP contribution >= 0.6 is 27.5 Å². The van der Waals surface area contributed by atoms with Crippen molar-refractivity contribution in [2.45, 2.75) is 19.9 Å². The van der Waals surface area contributed by atoms with E-state index in [4.69, 9.17) is 11.6 Å². The lowest BCUT2D eigenvalue weighted by molar-refractivity contribution is 0.867. The van der Waals surface area contributed by atoms with E-state index in [0.29, 0.717) is 11.0 Å². The molecule has 18 heavy (non-hydrogen) atoms. The van der Waals surface area contributed by atoms with Crippen LogP contribution in [0.3, 0.4) is 0 Å². The fourth-order valence-electron chi connectivity index (χ4n) is 1.66. The van der Waals surface area contributed by atoms with E-state index in [9.17, 15) is 0 Å². The van der Waals surface area contributed by atoms with Crippen molar-refractivity contribution in [2.24, 2.45) is 0 Å². The SMILES string of the molecule is Cc1nc(Cl)cc(NC(C)c2ccc(Br)cc2)n1. The minimum absolute atomic E-state index is 0.156. The van der Waals surface area contributed by atoms with E-state index in [2.05, 4.69) is 50.3 Å². The van der Waals surface area contributed by atoms with Crippen LogP contribution < -0.4 is 5.32 Å². The van der Waals surface area contributed by atoms with Crippen LogP contribution in [0, 0.1) is 6.92 Å². The Morgan fingerprint density at radius 1 is 1.22 bits per heavy atom. The standard InChI is InChI=1S/C13H13BrClN3/c1-8(10-3-5-11(14)6-4-10)16-13-7-12(15)17-9(2)18-13/h3-8H,1-2H3,(H,16,17,18). The quantitative estimate of drug-likeness (QED) is 0.851. The second kappa shape index (κ2) is 5.67. The van der Waals surface area contributed by atoms with Gasteiger partial charge in [0, 0.05) is 16.6 Å². The molecule has 1 aromatic heterocycles. The Hall–Kier alpha value is -1.13. The molecule has 0 saturated heterocycles. The van der Waals surface area contributed by atoms with E-state index < -0.39 is 0 Å². The highest BCUT2D eigenvalue weighted by molar-refractivity contribution is 9.10. The first kappa shape index (κ1) is 13.3. The number of aromatic nitrogens is 2. The summed E-state index contributed by atoms with van der Waals surface area (Å²) in [5, 5.41) is 3.76. The van der Waals surface area contributed by atoms with Crippen molar-refractivity contribution in [2.75, 3.05) is 5.32 Å². The molecule has 2 aromatic rings. The Balaban J connectivity index is 2.15.